The third kappa shape index (κ3) is 7.75. The maximum atomic E-state index is 12.9. The first-order valence-electron chi connectivity index (χ1n) is 11.9. The highest BCUT2D eigenvalue weighted by Crippen LogP contribution is 2.39. The van der Waals surface area contributed by atoms with Crippen LogP contribution in [0.2, 0.25) is 0 Å². The molecule has 4 bridgehead atoms. The second-order valence-corrected chi connectivity index (χ2v) is 9.71. The Kier molecular flexibility index (Phi) is 10.9. The van der Waals surface area contributed by atoms with Crippen LogP contribution in [0.4, 0.5) is 0 Å². The van der Waals surface area contributed by atoms with Crippen molar-refractivity contribution in [2.75, 3.05) is 38.1 Å². The minimum Gasteiger partial charge on any atom is -0.492 e. The lowest BCUT2D eigenvalue weighted by molar-refractivity contribution is -0.129. The zero-order valence-corrected chi connectivity index (χ0v) is 22.1. The van der Waals surface area contributed by atoms with Gasteiger partial charge in [0.05, 0.1) is 17.7 Å². The summed E-state index contributed by atoms with van der Waals surface area (Å²) in [5.74, 6) is -0.650. The first kappa shape index (κ1) is 28.6. The average molecular weight is 550 g/mol. The van der Waals surface area contributed by atoms with Gasteiger partial charge in [-0.05, 0) is 54.3 Å². The number of rotatable bonds is 9. The van der Waals surface area contributed by atoms with Gasteiger partial charge in [0, 0.05) is 30.6 Å². The summed E-state index contributed by atoms with van der Waals surface area (Å²) in [6.45, 7) is 2.72. The van der Waals surface area contributed by atoms with Crippen LogP contribution in [0.5, 0.6) is 11.5 Å². The topological polar surface area (TPSA) is 158 Å². The van der Waals surface area contributed by atoms with Gasteiger partial charge in [0.1, 0.15) is 30.8 Å². The highest BCUT2D eigenvalue weighted by molar-refractivity contribution is 7.99. The number of fused-ring (bicyclic) bond motifs is 5. The maximum absolute atomic E-state index is 12.9. The van der Waals surface area contributed by atoms with Gasteiger partial charge in [-0.15, -0.1) is 11.6 Å². The summed E-state index contributed by atoms with van der Waals surface area (Å²) in [6, 6.07) is 10.1. The lowest BCUT2D eigenvalue weighted by atomic mass is 9.92. The molecule has 2 atom stereocenters. The number of alkyl halides is 1. The maximum Gasteiger partial charge on any atom is 0.252 e. The zero-order valence-electron chi connectivity index (χ0n) is 20.6. The fourth-order valence-corrected chi connectivity index (χ4v) is 4.37. The minimum atomic E-state index is -0.900. The van der Waals surface area contributed by atoms with Gasteiger partial charge in [0.2, 0.25) is 11.8 Å². The van der Waals surface area contributed by atoms with Gasteiger partial charge < -0.3 is 31.6 Å². The molecular formula is C25H32ClN5O5S. The summed E-state index contributed by atoms with van der Waals surface area (Å²) in [4.78, 5) is 38.3. The molecule has 0 aliphatic carbocycles. The van der Waals surface area contributed by atoms with Crippen LogP contribution < -0.4 is 36.3 Å². The van der Waals surface area contributed by atoms with Crippen molar-refractivity contribution in [1.82, 2.24) is 15.4 Å². The van der Waals surface area contributed by atoms with Crippen LogP contribution >= 0.6 is 23.5 Å². The fraction of sp³-hybridized carbons (Fsp3) is 0.400. The molecule has 3 rings (SSSR count). The van der Waals surface area contributed by atoms with E-state index in [-0.39, 0.29) is 24.1 Å². The zero-order chi connectivity index (χ0) is 26.8. The van der Waals surface area contributed by atoms with Gasteiger partial charge in [0.25, 0.3) is 5.91 Å². The van der Waals surface area contributed by atoms with E-state index in [0.29, 0.717) is 48.9 Å². The van der Waals surface area contributed by atoms with Gasteiger partial charge in [-0.25, -0.2) is 0 Å². The standard InChI is InChI=1S/C25H32ClN5O5S/c1-15-17-3-5-22(36-9-7-28)19(12-17)18-10-16(2-4-21(18)35-8-6-27)11-20(25(34)31-37-14-26)30-23(32)13-29-24(15)33/h2-5,10,12,15,20H,6-9,11,13-14,27-28H2,1H3,(H,29,33)(H,30,32)(H,31,34). The van der Waals surface area contributed by atoms with Crippen molar-refractivity contribution in [3.8, 4) is 22.6 Å². The van der Waals surface area contributed by atoms with Crippen LogP contribution in [0.1, 0.15) is 24.0 Å². The van der Waals surface area contributed by atoms with Crippen molar-refractivity contribution in [3.05, 3.63) is 47.5 Å². The van der Waals surface area contributed by atoms with Crippen molar-refractivity contribution in [1.29, 1.82) is 0 Å². The normalized spacial score (nSPS) is 17.7. The molecule has 0 saturated carbocycles. The van der Waals surface area contributed by atoms with Gasteiger partial charge in [-0.1, -0.05) is 12.1 Å². The minimum absolute atomic E-state index is 0.152. The number of hydrogen-bond acceptors (Lipinski definition) is 8. The number of benzene rings is 2. The lowest BCUT2D eigenvalue weighted by Gasteiger charge is -2.22. The molecule has 2 aromatic carbocycles. The van der Waals surface area contributed by atoms with E-state index in [1.54, 1.807) is 19.1 Å². The highest BCUT2D eigenvalue weighted by Gasteiger charge is 2.25. The summed E-state index contributed by atoms with van der Waals surface area (Å²) in [5, 5.41) is 5.51. The Balaban J connectivity index is 2.16. The summed E-state index contributed by atoms with van der Waals surface area (Å²) in [6.07, 6.45) is 0.188. The number of halogens is 1. The Labute approximate surface area is 225 Å². The van der Waals surface area contributed by atoms with E-state index in [1.165, 1.54) is 0 Å². The molecule has 0 fully saturated rings. The second-order valence-electron chi connectivity index (χ2n) is 8.34. The number of nitrogens with two attached hydrogens (primary N) is 2. The predicted molar refractivity (Wildman–Crippen MR) is 144 cm³/mol. The van der Waals surface area contributed by atoms with Crippen molar-refractivity contribution < 1.29 is 23.9 Å². The molecule has 0 saturated heterocycles. The number of carbonyl (C=O) groups excluding carboxylic acids is 3. The van der Waals surface area contributed by atoms with Gasteiger partial charge in [-0.3, -0.25) is 19.1 Å². The van der Waals surface area contributed by atoms with E-state index >= 15 is 0 Å². The third-order valence-electron chi connectivity index (χ3n) is 5.72. The lowest BCUT2D eigenvalue weighted by Crippen LogP contribution is -2.49. The Bertz CT molecular complexity index is 1120. The molecule has 37 heavy (non-hydrogen) atoms. The van der Waals surface area contributed by atoms with Crippen molar-refractivity contribution in [2.45, 2.75) is 25.3 Å². The highest BCUT2D eigenvalue weighted by atomic mass is 35.5. The molecule has 0 radical (unpaired) electrons. The summed E-state index contributed by atoms with van der Waals surface area (Å²) >= 11 is 6.71. The third-order valence-corrected chi connectivity index (χ3v) is 6.51. The molecule has 7 N–H and O–H groups in total. The van der Waals surface area contributed by atoms with E-state index in [4.69, 9.17) is 32.5 Å². The van der Waals surface area contributed by atoms with Crippen molar-refractivity contribution >= 4 is 41.3 Å². The Morgan fingerprint density at radius 3 is 2.38 bits per heavy atom. The van der Waals surface area contributed by atoms with E-state index in [2.05, 4.69) is 15.4 Å². The number of nitrogens with one attached hydrogen (secondary N) is 3. The molecule has 2 unspecified atom stereocenters. The van der Waals surface area contributed by atoms with E-state index < -0.39 is 23.8 Å². The molecule has 0 aromatic heterocycles. The van der Waals surface area contributed by atoms with Crippen LogP contribution in [-0.2, 0) is 20.8 Å². The van der Waals surface area contributed by atoms with Crippen LogP contribution in [0, 0.1) is 0 Å². The molecule has 0 spiro atoms. The fourth-order valence-electron chi connectivity index (χ4n) is 3.86. The van der Waals surface area contributed by atoms with Gasteiger partial charge in [0.15, 0.2) is 0 Å². The molecule has 2 aromatic rings. The van der Waals surface area contributed by atoms with E-state index in [1.807, 2.05) is 24.3 Å². The number of hydrogen-bond donors (Lipinski definition) is 5. The van der Waals surface area contributed by atoms with Crippen molar-refractivity contribution in [3.63, 3.8) is 0 Å². The molecule has 1 aliphatic rings. The Morgan fingerprint density at radius 2 is 1.73 bits per heavy atom. The summed E-state index contributed by atoms with van der Waals surface area (Å²) in [5.41, 5.74) is 14.3. The van der Waals surface area contributed by atoms with Gasteiger partial charge >= 0.3 is 0 Å². The molecule has 10 nitrogen and oxygen atoms in total. The van der Waals surface area contributed by atoms with E-state index in [0.717, 1.165) is 23.1 Å². The van der Waals surface area contributed by atoms with Crippen molar-refractivity contribution in [2.24, 2.45) is 11.5 Å². The van der Waals surface area contributed by atoms with Crippen LogP contribution in [0.25, 0.3) is 11.1 Å². The molecule has 1 aliphatic heterocycles. The van der Waals surface area contributed by atoms with Crippen LogP contribution in [0.15, 0.2) is 36.4 Å². The second kappa shape index (κ2) is 14.1. The van der Waals surface area contributed by atoms with Gasteiger partial charge in [-0.2, -0.15) is 0 Å². The van der Waals surface area contributed by atoms with Crippen LogP contribution in [0.3, 0.4) is 0 Å². The first-order valence-corrected chi connectivity index (χ1v) is 13.4. The molecule has 12 heteroatoms. The quantitative estimate of drug-likeness (QED) is 0.231. The monoisotopic (exact) mass is 549 g/mol. The number of ether oxygens (including phenoxy) is 2. The largest absolute Gasteiger partial charge is 0.492 e. The molecule has 3 amide bonds. The smallest absolute Gasteiger partial charge is 0.252 e. The molecular weight excluding hydrogens is 518 g/mol. The van der Waals surface area contributed by atoms with Crippen LogP contribution in [-0.4, -0.2) is 61.8 Å². The number of carbonyl (C=O) groups is 3. The summed E-state index contributed by atoms with van der Waals surface area (Å²) in [7, 11) is 0. The SMILES string of the molecule is CC1C(=O)NCC(=O)NC(C(=O)NSCCl)Cc2ccc(OCCN)c(c2)-c2cc1ccc2OCCN. The summed E-state index contributed by atoms with van der Waals surface area (Å²) < 4.78 is 14.5. The predicted octanol–water partition coefficient (Wildman–Crippen LogP) is 1.25. The Hall–Kier alpha value is -2.99. The Morgan fingerprint density at radius 1 is 1.08 bits per heavy atom. The number of amides is 3. The molecule has 200 valence electrons. The molecule has 1 heterocycles. The first-order chi connectivity index (χ1) is 17.9. The van der Waals surface area contributed by atoms with E-state index in [9.17, 15) is 14.4 Å². The average Bonchev–Trinajstić information content (AvgIpc) is 2.91.